The number of carbonyl (C=O) groups is 2. The third-order valence-electron chi connectivity index (χ3n) is 5.96. The first-order valence-electron chi connectivity index (χ1n) is 10.6. The number of hydrogen-bond donors (Lipinski definition) is 1. The number of benzene rings is 3. The van der Waals surface area contributed by atoms with Crippen LogP contribution in [0.4, 0.5) is 32.0 Å². The smallest absolute Gasteiger partial charge is 0.326 e. The molecule has 0 aliphatic heterocycles. The van der Waals surface area contributed by atoms with E-state index in [0.29, 0.717) is 18.2 Å². The average Bonchev–Trinajstić information content (AvgIpc) is 3.39. The van der Waals surface area contributed by atoms with Gasteiger partial charge in [-0.25, -0.2) is 13.2 Å². The van der Waals surface area contributed by atoms with Crippen LogP contribution in [-0.2, 0) is 17.4 Å². The van der Waals surface area contributed by atoms with Gasteiger partial charge in [0.15, 0.2) is 5.78 Å². The zero-order valence-electron chi connectivity index (χ0n) is 18.6. The summed E-state index contributed by atoms with van der Waals surface area (Å²) in [7, 11) is 0. The molecular weight excluding hydrogens is 602 g/mol. The molecule has 0 aromatic heterocycles. The summed E-state index contributed by atoms with van der Waals surface area (Å²) < 4.78 is 79.4. The van der Waals surface area contributed by atoms with E-state index in [1.165, 1.54) is 18.2 Å². The Kier molecular flexibility index (Phi) is 7.71. The fourth-order valence-electron chi connectivity index (χ4n) is 4.01. The van der Waals surface area contributed by atoms with Crippen molar-refractivity contribution in [2.45, 2.75) is 22.8 Å². The van der Waals surface area contributed by atoms with E-state index < -0.39 is 74.1 Å². The Labute approximate surface area is 231 Å². The van der Waals surface area contributed by atoms with E-state index in [2.05, 4.69) is 5.32 Å². The fourth-order valence-corrected chi connectivity index (χ4v) is 5.27. The monoisotopic (exact) mass is 613 g/mol. The molecule has 3 nitrogen and oxygen atoms in total. The van der Waals surface area contributed by atoms with Crippen molar-refractivity contribution in [1.82, 2.24) is 0 Å². The normalized spacial score (nSPS) is 18.3. The molecule has 0 heterocycles. The highest BCUT2D eigenvalue weighted by Gasteiger charge is 2.68. The molecule has 1 aliphatic rings. The van der Waals surface area contributed by atoms with Crippen LogP contribution in [0.5, 0.6) is 0 Å². The van der Waals surface area contributed by atoms with Crippen LogP contribution in [0.1, 0.15) is 33.0 Å². The Hall–Kier alpha value is -2.46. The molecule has 13 heteroatoms. The molecule has 38 heavy (non-hydrogen) atoms. The summed E-state index contributed by atoms with van der Waals surface area (Å²) in [5.41, 5.74) is -1.98. The number of ketones is 1. The van der Waals surface area contributed by atoms with Gasteiger partial charge in [-0.15, -0.1) is 23.2 Å². The highest BCUT2D eigenvalue weighted by molar-refractivity contribution is 6.53. The number of nitrogens with one attached hydrogen (secondary N) is 1. The van der Waals surface area contributed by atoms with Gasteiger partial charge in [0.2, 0.25) is 5.91 Å². The zero-order valence-corrected chi connectivity index (χ0v) is 21.6. The average molecular weight is 615 g/mol. The van der Waals surface area contributed by atoms with Gasteiger partial charge in [-0.2, -0.15) is 13.2 Å². The highest BCUT2D eigenvalue weighted by atomic mass is 35.5. The summed E-state index contributed by atoms with van der Waals surface area (Å²) >= 11 is 24.0. The number of alkyl halides is 5. The zero-order chi connectivity index (χ0) is 28.2. The van der Waals surface area contributed by atoms with E-state index in [0.717, 1.165) is 12.1 Å². The van der Waals surface area contributed by atoms with Crippen LogP contribution in [-0.4, -0.2) is 16.0 Å². The van der Waals surface area contributed by atoms with E-state index in [1.807, 2.05) is 0 Å². The van der Waals surface area contributed by atoms with Gasteiger partial charge in [-0.1, -0.05) is 29.3 Å². The van der Waals surface area contributed by atoms with Crippen molar-refractivity contribution in [2.24, 2.45) is 5.92 Å². The SMILES string of the molecule is O=C(Cc1ccc(F)cc1F)c1cc(NC(=O)C2C(c3cc(C(F)(F)F)cc(Cl)c3F)C2(Cl)Cl)ccc1Cl. The predicted molar refractivity (Wildman–Crippen MR) is 132 cm³/mol. The van der Waals surface area contributed by atoms with Crippen molar-refractivity contribution in [3.05, 3.63) is 98.3 Å². The predicted octanol–water partition coefficient (Wildman–Crippen LogP) is 8.38. The molecule has 1 saturated carbocycles. The second-order valence-corrected chi connectivity index (χ2v) is 10.8. The highest BCUT2D eigenvalue weighted by Crippen LogP contribution is 2.66. The second-order valence-electron chi connectivity index (χ2n) is 8.51. The van der Waals surface area contributed by atoms with Crippen LogP contribution in [0.15, 0.2) is 48.5 Å². The Bertz CT molecular complexity index is 1460. The molecular formula is C25H13Cl4F6NO2. The molecule has 2 atom stereocenters. The summed E-state index contributed by atoms with van der Waals surface area (Å²) in [5, 5.41) is 1.58. The molecule has 3 aromatic rings. The Morgan fingerprint density at radius 3 is 2.24 bits per heavy atom. The minimum Gasteiger partial charge on any atom is -0.326 e. The summed E-state index contributed by atoms with van der Waals surface area (Å²) in [4.78, 5) is 25.7. The number of anilines is 1. The van der Waals surface area contributed by atoms with Crippen LogP contribution in [0, 0.1) is 23.4 Å². The molecule has 1 fully saturated rings. The van der Waals surface area contributed by atoms with E-state index in [4.69, 9.17) is 46.4 Å². The maximum Gasteiger partial charge on any atom is 0.416 e. The third kappa shape index (κ3) is 5.61. The van der Waals surface area contributed by atoms with E-state index >= 15 is 0 Å². The van der Waals surface area contributed by atoms with Crippen LogP contribution in [0.3, 0.4) is 0 Å². The van der Waals surface area contributed by atoms with Crippen molar-refractivity contribution >= 4 is 63.8 Å². The molecule has 200 valence electrons. The topological polar surface area (TPSA) is 46.2 Å². The minimum atomic E-state index is -4.84. The van der Waals surface area contributed by atoms with Crippen LogP contribution in [0.25, 0.3) is 0 Å². The van der Waals surface area contributed by atoms with Crippen molar-refractivity contribution in [3.63, 3.8) is 0 Å². The molecule has 1 amide bonds. The second kappa shape index (κ2) is 10.3. The number of halogens is 10. The molecule has 0 saturated heterocycles. The number of Topliss-reactive ketones (excluding diaryl/α,β-unsaturated/α-hetero) is 1. The van der Waals surface area contributed by atoms with E-state index in [9.17, 15) is 35.9 Å². The molecule has 1 N–H and O–H groups in total. The summed E-state index contributed by atoms with van der Waals surface area (Å²) in [6.45, 7) is 0. The molecule has 2 unspecified atom stereocenters. The first kappa shape index (κ1) is 28.5. The lowest BCUT2D eigenvalue weighted by Gasteiger charge is -2.12. The first-order chi connectivity index (χ1) is 17.6. The van der Waals surface area contributed by atoms with E-state index in [1.54, 1.807) is 0 Å². The quantitative estimate of drug-likeness (QED) is 0.172. The van der Waals surface area contributed by atoms with Crippen molar-refractivity contribution in [1.29, 1.82) is 0 Å². The standard InChI is InChI=1S/C25H13Cl4F6NO2/c26-16-4-3-13(9-14(16)19(37)5-10-1-2-12(30)8-18(10)31)36-23(38)21-20(24(21,28)29)15-6-11(25(33,34)35)7-17(27)22(15)32/h1-4,6-9,20-21H,5H2,(H,36,38). The van der Waals surface area contributed by atoms with Gasteiger partial charge in [-0.3, -0.25) is 9.59 Å². The van der Waals surface area contributed by atoms with E-state index in [-0.39, 0.29) is 21.8 Å². The van der Waals surface area contributed by atoms with Gasteiger partial charge < -0.3 is 5.32 Å². The number of carbonyl (C=O) groups excluding carboxylic acids is 2. The lowest BCUT2D eigenvalue weighted by atomic mass is 10.0. The minimum absolute atomic E-state index is 0.0236. The molecule has 0 bridgehead atoms. The van der Waals surface area contributed by atoms with Crippen LogP contribution in [0.2, 0.25) is 10.0 Å². The summed E-state index contributed by atoms with van der Waals surface area (Å²) in [5.74, 6) is -7.20. The Balaban J connectivity index is 1.56. The molecule has 4 rings (SSSR count). The summed E-state index contributed by atoms with van der Waals surface area (Å²) in [6, 6.07) is 7.40. The largest absolute Gasteiger partial charge is 0.416 e. The van der Waals surface area contributed by atoms with Crippen molar-refractivity contribution < 1.29 is 35.9 Å². The molecule has 0 radical (unpaired) electrons. The van der Waals surface area contributed by atoms with Gasteiger partial charge in [0, 0.05) is 29.7 Å². The molecule has 3 aromatic carbocycles. The Morgan fingerprint density at radius 1 is 0.921 bits per heavy atom. The first-order valence-corrected chi connectivity index (χ1v) is 12.1. The van der Waals surface area contributed by atoms with Gasteiger partial charge >= 0.3 is 6.18 Å². The summed E-state index contributed by atoms with van der Waals surface area (Å²) in [6.07, 6.45) is -5.31. The van der Waals surface area contributed by atoms with Gasteiger partial charge in [0.1, 0.15) is 21.8 Å². The van der Waals surface area contributed by atoms with Gasteiger partial charge in [0.05, 0.1) is 21.5 Å². The number of hydrogen-bond acceptors (Lipinski definition) is 2. The maximum atomic E-state index is 14.6. The van der Waals surface area contributed by atoms with Gasteiger partial charge in [0.25, 0.3) is 0 Å². The lowest BCUT2D eigenvalue weighted by molar-refractivity contribution is -0.137. The molecule has 1 aliphatic carbocycles. The Morgan fingerprint density at radius 2 is 1.61 bits per heavy atom. The molecule has 0 spiro atoms. The van der Waals surface area contributed by atoms with Gasteiger partial charge in [-0.05, 0) is 47.5 Å². The van der Waals surface area contributed by atoms with Crippen LogP contribution < -0.4 is 5.32 Å². The number of amides is 1. The van der Waals surface area contributed by atoms with Crippen LogP contribution >= 0.6 is 46.4 Å². The van der Waals surface area contributed by atoms with Crippen molar-refractivity contribution in [3.8, 4) is 0 Å². The van der Waals surface area contributed by atoms with Crippen molar-refractivity contribution in [2.75, 3.05) is 5.32 Å². The third-order valence-corrected chi connectivity index (χ3v) is 7.50. The lowest BCUT2D eigenvalue weighted by Crippen LogP contribution is -2.17. The fraction of sp³-hybridized carbons (Fsp3) is 0.200. The number of rotatable bonds is 6. The maximum absolute atomic E-state index is 14.6.